The fourth-order valence-electron chi connectivity index (χ4n) is 0.988. The molecule has 0 saturated heterocycles. The predicted octanol–water partition coefficient (Wildman–Crippen LogP) is 2.73. The minimum absolute atomic E-state index is 0.283. The molecule has 0 saturated carbocycles. The fraction of sp³-hybridized carbons (Fsp3) is 0.333. The Hall–Kier alpha value is -1.07. The molecule has 0 aliphatic heterocycles. The molecule has 0 fully saturated rings. The number of nitrogens with zero attached hydrogens (tertiary/aromatic N) is 2. The molecule has 0 bridgehead atoms. The summed E-state index contributed by atoms with van der Waals surface area (Å²) in [6.07, 6.45) is 1.49. The third-order valence-electron chi connectivity index (χ3n) is 1.61. The summed E-state index contributed by atoms with van der Waals surface area (Å²) in [5.41, 5.74) is 1.37. The zero-order valence-corrected chi connectivity index (χ0v) is 7.76. The van der Waals surface area contributed by atoms with E-state index in [9.17, 15) is 0 Å². The van der Waals surface area contributed by atoms with Crippen molar-refractivity contribution in [3.63, 3.8) is 0 Å². The highest BCUT2D eigenvalue weighted by molar-refractivity contribution is 6.30. The Kier molecular flexibility index (Phi) is 2.67. The van der Waals surface area contributed by atoms with Gasteiger partial charge in [-0.15, -0.1) is 0 Å². The standard InChI is InChI=1S/C9H9ClN2/c1-6(2)8-3-7(10)5-12-9(8)4-11/h3,5-6H,1-2H3. The molecule has 0 radical (unpaired) electrons. The van der Waals surface area contributed by atoms with Gasteiger partial charge < -0.3 is 0 Å². The molecule has 0 aliphatic carbocycles. The van der Waals surface area contributed by atoms with Crippen molar-refractivity contribution in [3.8, 4) is 6.07 Å². The van der Waals surface area contributed by atoms with Gasteiger partial charge in [0.15, 0.2) is 0 Å². The summed E-state index contributed by atoms with van der Waals surface area (Å²) < 4.78 is 0. The Bertz CT molecular complexity index is 326. The van der Waals surface area contributed by atoms with Crippen LogP contribution in [0.2, 0.25) is 5.02 Å². The quantitative estimate of drug-likeness (QED) is 0.667. The van der Waals surface area contributed by atoms with Gasteiger partial charge in [0.25, 0.3) is 0 Å². The molecule has 1 rings (SSSR count). The maximum Gasteiger partial charge on any atom is 0.143 e. The van der Waals surface area contributed by atoms with E-state index in [0.29, 0.717) is 10.7 Å². The highest BCUT2D eigenvalue weighted by Crippen LogP contribution is 2.20. The first-order valence-electron chi connectivity index (χ1n) is 3.70. The molecule has 0 N–H and O–H groups in total. The van der Waals surface area contributed by atoms with Crippen LogP contribution in [0.5, 0.6) is 0 Å². The predicted molar refractivity (Wildman–Crippen MR) is 48.1 cm³/mol. The minimum Gasteiger partial charge on any atom is -0.244 e. The number of aromatic nitrogens is 1. The molecule has 2 nitrogen and oxygen atoms in total. The molecule has 0 atom stereocenters. The van der Waals surface area contributed by atoms with Crippen LogP contribution in [-0.2, 0) is 0 Å². The van der Waals surface area contributed by atoms with Gasteiger partial charge in [-0.2, -0.15) is 5.26 Å². The maximum atomic E-state index is 8.70. The van der Waals surface area contributed by atoms with Crippen molar-refractivity contribution in [1.82, 2.24) is 4.98 Å². The van der Waals surface area contributed by atoms with Crippen molar-refractivity contribution >= 4 is 11.6 Å². The molecule has 0 spiro atoms. The van der Waals surface area contributed by atoms with Gasteiger partial charge in [0, 0.05) is 6.20 Å². The molecule has 3 heteroatoms. The number of halogens is 1. The van der Waals surface area contributed by atoms with Crippen LogP contribution in [0.1, 0.15) is 31.0 Å². The number of nitriles is 1. The second kappa shape index (κ2) is 3.55. The van der Waals surface area contributed by atoms with Crippen LogP contribution in [0.3, 0.4) is 0 Å². The van der Waals surface area contributed by atoms with Gasteiger partial charge in [-0.3, -0.25) is 0 Å². The van der Waals surface area contributed by atoms with Crippen molar-refractivity contribution in [2.75, 3.05) is 0 Å². The van der Waals surface area contributed by atoms with Crippen molar-refractivity contribution in [2.45, 2.75) is 19.8 Å². The van der Waals surface area contributed by atoms with Crippen LogP contribution in [0.4, 0.5) is 0 Å². The zero-order chi connectivity index (χ0) is 9.14. The Labute approximate surface area is 76.8 Å². The number of rotatable bonds is 1. The van der Waals surface area contributed by atoms with Gasteiger partial charge in [-0.05, 0) is 17.5 Å². The molecule has 1 aromatic heterocycles. The van der Waals surface area contributed by atoms with Gasteiger partial charge in [0.05, 0.1) is 5.02 Å². The topological polar surface area (TPSA) is 36.7 Å². The highest BCUT2D eigenvalue weighted by Gasteiger charge is 2.07. The zero-order valence-electron chi connectivity index (χ0n) is 7.00. The minimum atomic E-state index is 0.283. The highest BCUT2D eigenvalue weighted by atomic mass is 35.5. The summed E-state index contributed by atoms with van der Waals surface area (Å²) >= 11 is 5.75. The maximum absolute atomic E-state index is 8.70. The van der Waals surface area contributed by atoms with Gasteiger partial charge in [0.1, 0.15) is 11.8 Å². The second-order valence-corrected chi connectivity index (χ2v) is 3.29. The fourth-order valence-corrected chi connectivity index (χ4v) is 1.15. The molecular formula is C9H9ClN2. The van der Waals surface area contributed by atoms with Crippen LogP contribution in [0.25, 0.3) is 0 Å². The molecule has 0 amide bonds. The SMILES string of the molecule is CC(C)c1cc(Cl)cnc1C#N. The van der Waals surface area contributed by atoms with Crippen LogP contribution in [0.15, 0.2) is 12.3 Å². The molecular weight excluding hydrogens is 172 g/mol. The normalized spacial score (nSPS) is 9.92. The Morgan fingerprint density at radius 1 is 1.58 bits per heavy atom. The lowest BCUT2D eigenvalue weighted by molar-refractivity contribution is 0.852. The number of hydrogen-bond donors (Lipinski definition) is 0. The van der Waals surface area contributed by atoms with Gasteiger partial charge in [-0.1, -0.05) is 25.4 Å². The van der Waals surface area contributed by atoms with Crippen LogP contribution < -0.4 is 0 Å². The monoisotopic (exact) mass is 180 g/mol. The Morgan fingerprint density at radius 3 is 2.75 bits per heavy atom. The summed E-state index contributed by atoms with van der Waals surface area (Å²) in [6, 6.07) is 3.82. The summed E-state index contributed by atoms with van der Waals surface area (Å²) in [5.74, 6) is 0.283. The number of pyridine rings is 1. The number of hydrogen-bond acceptors (Lipinski definition) is 2. The molecule has 1 heterocycles. The largest absolute Gasteiger partial charge is 0.244 e. The summed E-state index contributed by atoms with van der Waals surface area (Å²) in [4.78, 5) is 3.92. The van der Waals surface area contributed by atoms with E-state index in [2.05, 4.69) is 4.98 Å². The molecule has 1 aromatic rings. The van der Waals surface area contributed by atoms with Crippen molar-refractivity contribution in [2.24, 2.45) is 0 Å². The van der Waals surface area contributed by atoms with Gasteiger partial charge >= 0.3 is 0 Å². The van der Waals surface area contributed by atoms with Crippen LogP contribution in [-0.4, -0.2) is 4.98 Å². The average Bonchev–Trinajstić information content (AvgIpc) is 2.04. The summed E-state index contributed by atoms with van der Waals surface area (Å²) in [7, 11) is 0. The smallest absolute Gasteiger partial charge is 0.143 e. The first-order chi connectivity index (χ1) is 5.65. The first-order valence-corrected chi connectivity index (χ1v) is 4.08. The van der Waals surface area contributed by atoms with E-state index in [1.807, 2.05) is 19.9 Å². The summed E-state index contributed by atoms with van der Waals surface area (Å²) in [5, 5.41) is 9.28. The first kappa shape index (κ1) is 9.02. The lowest BCUT2D eigenvalue weighted by Gasteiger charge is -2.06. The molecule has 0 aromatic carbocycles. The van der Waals surface area contributed by atoms with E-state index >= 15 is 0 Å². The third-order valence-corrected chi connectivity index (χ3v) is 1.82. The Balaban J connectivity index is 3.24. The lowest BCUT2D eigenvalue weighted by atomic mass is 10.0. The van der Waals surface area contributed by atoms with Gasteiger partial charge in [-0.25, -0.2) is 4.98 Å². The van der Waals surface area contributed by atoms with E-state index < -0.39 is 0 Å². The third kappa shape index (κ3) is 1.75. The molecule has 0 unspecified atom stereocenters. The van der Waals surface area contributed by atoms with Crippen LogP contribution >= 0.6 is 11.6 Å². The molecule has 12 heavy (non-hydrogen) atoms. The van der Waals surface area contributed by atoms with E-state index in [1.54, 1.807) is 6.07 Å². The molecule has 62 valence electrons. The van der Waals surface area contributed by atoms with Crippen molar-refractivity contribution < 1.29 is 0 Å². The van der Waals surface area contributed by atoms with E-state index in [1.165, 1.54) is 6.20 Å². The van der Waals surface area contributed by atoms with Crippen LogP contribution in [0, 0.1) is 11.3 Å². The van der Waals surface area contributed by atoms with E-state index in [0.717, 1.165) is 5.56 Å². The molecule has 0 aliphatic rings. The lowest BCUT2D eigenvalue weighted by Crippen LogP contribution is -1.95. The van der Waals surface area contributed by atoms with E-state index in [4.69, 9.17) is 16.9 Å². The summed E-state index contributed by atoms with van der Waals surface area (Å²) in [6.45, 7) is 4.02. The van der Waals surface area contributed by atoms with Crippen molar-refractivity contribution in [3.05, 3.63) is 28.5 Å². The Morgan fingerprint density at radius 2 is 2.25 bits per heavy atom. The average molecular weight is 181 g/mol. The second-order valence-electron chi connectivity index (χ2n) is 2.86. The van der Waals surface area contributed by atoms with Gasteiger partial charge in [0.2, 0.25) is 0 Å². The van der Waals surface area contributed by atoms with E-state index in [-0.39, 0.29) is 5.92 Å². The van der Waals surface area contributed by atoms with Crippen molar-refractivity contribution in [1.29, 1.82) is 5.26 Å².